The van der Waals surface area contributed by atoms with Crippen molar-refractivity contribution in [1.82, 2.24) is 0 Å². The Morgan fingerprint density at radius 1 is 1.00 bits per heavy atom. The van der Waals surface area contributed by atoms with E-state index in [0.29, 0.717) is 5.69 Å². The topological polar surface area (TPSA) is 48.8 Å². The first-order valence-corrected chi connectivity index (χ1v) is 3.87. The predicted molar refractivity (Wildman–Crippen MR) is 52.9 cm³/mol. The van der Waals surface area contributed by atoms with Crippen LogP contribution in [-0.2, 0) is 17.1 Å². The second-order valence-corrected chi connectivity index (χ2v) is 2.29. The largest absolute Gasteiger partial charge is 0.748 e. The van der Waals surface area contributed by atoms with Gasteiger partial charge in [0.2, 0.25) is 0 Å². The summed E-state index contributed by atoms with van der Waals surface area (Å²) in [7, 11) is 0. The van der Waals surface area contributed by atoms with Crippen LogP contribution in [0.3, 0.4) is 0 Å². The molecular formula is C10H9FeN3-6. The van der Waals surface area contributed by atoms with E-state index in [0.717, 1.165) is 0 Å². The number of hydrogen-bond donors (Lipinski definition) is 0. The molecule has 78 valence electrons. The second-order valence-electron chi connectivity index (χ2n) is 2.29. The molecule has 14 heavy (non-hydrogen) atoms. The third-order valence-electron chi connectivity index (χ3n) is 1.36. The molecule has 0 amide bonds. The minimum absolute atomic E-state index is 0. The van der Waals surface area contributed by atoms with Crippen LogP contribution in [0.25, 0.3) is 10.4 Å². The summed E-state index contributed by atoms with van der Waals surface area (Å²) < 4.78 is 0. The maximum atomic E-state index is 7.90. The predicted octanol–water partition coefficient (Wildman–Crippen LogP) is 3.75. The number of hydrogen-bond acceptors (Lipinski definition) is 1. The van der Waals surface area contributed by atoms with Gasteiger partial charge in [0.25, 0.3) is 0 Å². The fraction of sp³-hybridized carbons (Fsp3) is 0. The monoisotopic (exact) mass is 227 g/mol. The molecule has 4 heteroatoms. The molecule has 0 spiro atoms. The number of azide groups is 1. The average molecular weight is 227 g/mol. The van der Waals surface area contributed by atoms with Crippen molar-refractivity contribution >= 4 is 5.69 Å². The van der Waals surface area contributed by atoms with E-state index in [1.807, 2.05) is 42.5 Å². The minimum atomic E-state index is 0. The van der Waals surface area contributed by atoms with Gasteiger partial charge in [-0.3, -0.25) is 0 Å². The van der Waals surface area contributed by atoms with Crippen molar-refractivity contribution in [2.24, 2.45) is 5.11 Å². The average Bonchev–Trinajstić information content (AvgIpc) is 2.79. The molecule has 0 bridgehead atoms. The number of rotatable bonds is 1. The molecule has 0 aliphatic carbocycles. The first kappa shape index (κ1) is 12.5. The van der Waals surface area contributed by atoms with Crippen molar-refractivity contribution < 1.29 is 17.1 Å². The molecule has 0 saturated carbocycles. The van der Waals surface area contributed by atoms with E-state index < -0.39 is 0 Å². The third kappa shape index (κ3) is 5.22. The Hall–Kier alpha value is -1.47. The second kappa shape index (κ2) is 8.14. The van der Waals surface area contributed by atoms with Gasteiger partial charge in [-0.15, -0.1) is 5.11 Å². The van der Waals surface area contributed by atoms with Gasteiger partial charge in [0.15, 0.2) is 0 Å². The number of nitrogens with zero attached hydrogens (tertiary/aromatic N) is 3. The van der Waals surface area contributed by atoms with Crippen LogP contribution in [-0.4, -0.2) is 0 Å². The summed E-state index contributed by atoms with van der Waals surface area (Å²) in [5.74, 6) is 0. The van der Waals surface area contributed by atoms with Crippen LogP contribution in [0.5, 0.6) is 0 Å². The zero-order valence-electron chi connectivity index (χ0n) is 7.39. The minimum Gasteiger partial charge on any atom is -0.748 e. The van der Waals surface area contributed by atoms with E-state index in [2.05, 4.69) is 10.0 Å². The molecular weight excluding hydrogens is 218 g/mol. The summed E-state index contributed by atoms with van der Waals surface area (Å²) in [6, 6.07) is 17.1. The third-order valence-corrected chi connectivity index (χ3v) is 1.36. The van der Waals surface area contributed by atoms with Crippen molar-refractivity contribution in [2.75, 3.05) is 0 Å². The van der Waals surface area contributed by atoms with Crippen LogP contribution in [0, 0.1) is 0 Å². The van der Waals surface area contributed by atoms with Gasteiger partial charge in [0.05, 0.1) is 0 Å². The Bertz CT molecular complexity index is 327. The Labute approximate surface area is 93.2 Å². The smallest absolute Gasteiger partial charge is 0 e. The maximum Gasteiger partial charge on any atom is 0 e. The molecule has 0 aliphatic rings. The SMILES string of the molecule is [Fe].[N-]=[N+]=N[c-]1cccc1.[cH-]1[cH-][cH-][cH-][cH-]1. The van der Waals surface area contributed by atoms with Crippen molar-refractivity contribution in [2.45, 2.75) is 0 Å². The van der Waals surface area contributed by atoms with Gasteiger partial charge in [0, 0.05) is 17.1 Å². The molecule has 0 unspecified atom stereocenters. The summed E-state index contributed by atoms with van der Waals surface area (Å²) in [5, 5.41) is 3.35. The normalized spacial score (nSPS) is 7.43. The molecule has 3 nitrogen and oxygen atoms in total. The molecule has 0 atom stereocenters. The van der Waals surface area contributed by atoms with Crippen LogP contribution in [0.15, 0.2) is 59.7 Å². The molecule has 2 rings (SSSR count). The van der Waals surface area contributed by atoms with E-state index >= 15 is 0 Å². The Kier molecular flexibility index (Phi) is 7.29. The van der Waals surface area contributed by atoms with Gasteiger partial charge >= 0.3 is 0 Å². The van der Waals surface area contributed by atoms with E-state index in [1.54, 1.807) is 12.1 Å². The zero-order chi connectivity index (χ0) is 9.36. The molecule has 0 N–H and O–H groups in total. The summed E-state index contributed by atoms with van der Waals surface area (Å²) in [5.41, 5.74) is 8.57. The quantitative estimate of drug-likeness (QED) is 0.234. The Morgan fingerprint density at radius 2 is 1.43 bits per heavy atom. The van der Waals surface area contributed by atoms with Crippen LogP contribution in [0.1, 0.15) is 0 Å². The van der Waals surface area contributed by atoms with Crippen molar-refractivity contribution in [1.29, 1.82) is 0 Å². The van der Waals surface area contributed by atoms with Crippen LogP contribution < -0.4 is 0 Å². The van der Waals surface area contributed by atoms with Gasteiger partial charge in [-0.2, -0.15) is 12.1 Å². The van der Waals surface area contributed by atoms with Crippen molar-refractivity contribution in [3.8, 4) is 0 Å². The first-order chi connectivity index (χ1) is 6.43. The standard InChI is InChI=1S/C5H4N3.C5H5.Fe/c6-8-7-5-3-1-2-4-5;1-2-4-5-3-1;/h1-4H;1-5H;/q-1;-5;. The Morgan fingerprint density at radius 3 is 1.79 bits per heavy atom. The maximum absolute atomic E-state index is 7.90. The molecule has 0 heterocycles. The van der Waals surface area contributed by atoms with Gasteiger partial charge in [0.1, 0.15) is 0 Å². The summed E-state index contributed by atoms with van der Waals surface area (Å²) in [6.45, 7) is 0. The fourth-order valence-corrected chi connectivity index (χ4v) is 0.803. The summed E-state index contributed by atoms with van der Waals surface area (Å²) in [6.07, 6.45) is 0. The van der Waals surface area contributed by atoms with E-state index in [1.165, 1.54) is 0 Å². The first-order valence-electron chi connectivity index (χ1n) is 3.87. The molecule has 0 fully saturated rings. The molecule has 2 aromatic carbocycles. The van der Waals surface area contributed by atoms with Crippen molar-refractivity contribution in [3.05, 3.63) is 65.0 Å². The molecule has 0 aromatic heterocycles. The summed E-state index contributed by atoms with van der Waals surface area (Å²) in [4.78, 5) is 2.60. The van der Waals surface area contributed by atoms with E-state index in [4.69, 9.17) is 5.53 Å². The molecule has 0 saturated heterocycles. The van der Waals surface area contributed by atoms with Crippen LogP contribution in [0.4, 0.5) is 5.69 Å². The van der Waals surface area contributed by atoms with Crippen LogP contribution >= 0.6 is 0 Å². The van der Waals surface area contributed by atoms with E-state index in [-0.39, 0.29) is 17.1 Å². The Balaban J connectivity index is 0.000000246. The molecule has 0 radical (unpaired) electrons. The molecule has 0 aliphatic heterocycles. The molecule has 2 aromatic rings. The fourth-order valence-electron chi connectivity index (χ4n) is 0.803. The van der Waals surface area contributed by atoms with Gasteiger partial charge < -0.3 is 30.3 Å². The van der Waals surface area contributed by atoms with Gasteiger partial charge in [-0.1, -0.05) is 5.69 Å². The zero-order valence-corrected chi connectivity index (χ0v) is 8.50. The van der Waals surface area contributed by atoms with Gasteiger partial charge in [-0.25, -0.2) is 12.1 Å². The van der Waals surface area contributed by atoms with Crippen molar-refractivity contribution in [3.63, 3.8) is 0 Å². The van der Waals surface area contributed by atoms with E-state index in [9.17, 15) is 0 Å². The summed E-state index contributed by atoms with van der Waals surface area (Å²) >= 11 is 0. The van der Waals surface area contributed by atoms with Crippen LogP contribution in [0.2, 0.25) is 0 Å². The van der Waals surface area contributed by atoms with Gasteiger partial charge in [-0.05, 0) is 10.4 Å².